The summed E-state index contributed by atoms with van der Waals surface area (Å²) < 4.78 is 22.9. The number of thioether (sulfide) groups is 1. The second-order valence-corrected chi connectivity index (χ2v) is 9.35. The molecule has 0 radical (unpaired) electrons. The van der Waals surface area contributed by atoms with Gasteiger partial charge in [0.2, 0.25) is 0 Å². The Morgan fingerprint density at radius 1 is 1.27 bits per heavy atom. The summed E-state index contributed by atoms with van der Waals surface area (Å²) in [7, 11) is 0.990. The lowest BCUT2D eigenvalue weighted by atomic mass is 10.2. The molecule has 1 fully saturated rings. The highest BCUT2D eigenvalue weighted by Crippen LogP contribution is 2.15. The molecule has 1 aliphatic rings. The maximum atomic E-state index is 11.5. The van der Waals surface area contributed by atoms with Gasteiger partial charge < -0.3 is 10.2 Å². The summed E-state index contributed by atoms with van der Waals surface area (Å²) in [6.07, 6.45) is 2.07. The van der Waals surface area contributed by atoms with E-state index in [0.29, 0.717) is 13.1 Å². The van der Waals surface area contributed by atoms with E-state index in [0.717, 1.165) is 25.6 Å². The molecule has 0 atom stereocenters. The number of guanidine groups is 1. The SMILES string of the molecule is CN=C(NCCN1CCS(=O)(=O)CC1)N(C)Cc1ccc(SC)cc1.I. The number of aliphatic imine (C=N–C) groups is 1. The Labute approximate surface area is 178 Å². The van der Waals surface area contributed by atoms with E-state index >= 15 is 0 Å². The van der Waals surface area contributed by atoms with Crippen LogP contribution in [-0.2, 0) is 16.4 Å². The Bertz CT molecular complexity index is 667. The lowest BCUT2D eigenvalue weighted by Crippen LogP contribution is -2.46. The molecule has 0 saturated carbocycles. The van der Waals surface area contributed by atoms with Gasteiger partial charge in [-0.05, 0) is 24.0 Å². The summed E-state index contributed by atoms with van der Waals surface area (Å²) in [5.74, 6) is 1.39. The molecule has 26 heavy (non-hydrogen) atoms. The Balaban J connectivity index is 0.00000338. The fraction of sp³-hybridized carbons (Fsp3) is 0.588. The first kappa shape index (κ1) is 23.5. The summed E-state index contributed by atoms with van der Waals surface area (Å²) in [6.45, 7) is 3.62. The predicted octanol–water partition coefficient (Wildman–Crippen LogP) is 1.76. The van der Waals surface area contributed by atoms with Crippen molar-refractivity contribution in [1.29, 1.82) is 0 Å². The molecule has 0 spiro atoms. The van der Waals surface area contributed by atoms with Crippen molar-refractivity contribution >= 4 is 51.5 Å². The van der Waals surface area contributed by atoms with Crippen LogP contribution in [-0.4, -0.2) is 82.2 Å². The number of halogens is 1. The molecule has 1 heterocycles. The largest absolute Gasteiger partial charge is 0.355 e. The van der Waals surface area contributed by atoms with Crippen molar-refractivity contribution in [2.75, 3.05) is 58.0 Å². The fourth-order valence-corrected chi connectivity index (χ4v) is 4.45. The molecule has 1 aliphatic heterocycles. The van der Waals surface area contributed by atoms with Crippen molar-refractivity contribution < 1.29 is 8.42 Å². The van der Waals surface area contributed by atoms with Gasteiger partial charge in [0, 0.05) is 51.7 Å². The quantitative estimate of drug-likeness (QED) is 0.271. The molecule has 6 nitrogen and oxygen atoms in total. The Kier molecular flexibility index (Phi) is 10.3. The van der Waals surface area contributed by atoms with E-state index in [9.17, 15) is 8.42 Å². The normalized spacial score (nSPS) is 17.4. The molecule has 1 aromatic carbocycles. The standard InChI is InChI=1S/C17H28N4O2S2.HI/c1-18-17(19-8-9-21-10-12-25(22,23)13-11-21)20(2)14-15-4-6-16(24-3)7-5-15;/h4-7H,8-14H2,1-3H3,(H,18,19);1H. The first-order valence-electron chi connectivity index (χ1n) is 8.41. The lowest BCUT2D eigenvalue weighted by Gasteiger charge is -2.28. The molecular formula is C17H29IN4O2S2. The van der Waals surface area contributed by atoms with E-state index in [1.54, 1.807) is 18.8 Å². The third-order valence-electron chi connectivity index (χ3n) is 4.30. The van der Waals surface area contributed by atoms with Gasteiger partial charge in [-0.15, -0.1) is 35.7 Å². The minimum atomic E-state index is -2.81. The van der Waals surface area contributed by atoms with E-state index in [1.807, 2.05) is 7.05 Å². The molecule has 148 valence electrons. The highest BCUT2D eigenvalue weighted by molar-refractivity contribution is 14.0. The molecule has 0 unspecified atom stereocenters. The van der Waals surface area contributed by atoms with Crippen molar-refractivity contribution in [2.45, 2.75) is 11.4 Å². The summed E-state index contributed by atoms with van der Waals surface area (Å²) in [4.78, 5) is 9.87. The fourth-order valence-electron chi connectivity index (χ4n) is 2.76. The van der Waals surface area contributed by atoms with Crippen LogP contribution in [0.4, 0.5) is 0 Å². The monoisotopic (exact) mass is 512 g/mol. The van der Waals surface area contributed by atoms with Crippen LogP contribution in [0.15, 0.2) is 34.2 Å². The molecule has 9 heteroatoms. The molecule has 0 bridgehead atoms. The van der Waals surface area contributed by atoms with Gasteiger partial charge in [0.1, 0.15) is 0 Å². The number of nitrogens with one attached hydrogen (secondary N) is 1. The van der Waals surface area contributed by atoms with Crippen LogP contribution in [0, 0.1) is 0 Å². The molecule has 0 aliphatic carbocycles. The van der Waals surface area contributed by atoms with Crippen LogP contribution in [0.2, 0.25) is 0 Å². The van der Waals surface area contributed by atoms with Crippen LogP contribution in [0.5, 0.6) is 0 Å². The first-order valence-corrected chi connectivity index (χ1v) is 11.5. The minimum Gasteiger partial charge on any atom is -0.355 e. The van der Waals surface area contributed by atoms with Crippen molar-refractivity contribution in [2.24, 2.45) is 4.99 Å². The Morgan fingerprint density at radius 2 is 1.88 bits per heavy atom. The highest BCUT2D eigenvalue weighted by atomic mass is 127. The summed E-state index contributed by atoms with van der Waals surface area (Å²) in [6, 6.07) is 8.55. The maximum Gasteiger partial charge on any atom is 0.193 e. The van der Waals surface area contributed by atoms with Crippen molar-refractivity contribution in [1.82, 2.24) is 15.1 Å². The maximum absolute atomic E-state index is 11.5. The van der Waals surface area contributed by atoms with E-state index in [1.165, 1.54) is 10.5 Å². The highest BCUT2D eigenvalue weighted by Gasteiger charge is 2.21. The smallest absolute Gasteiger partial charge is 0.193 e. The molecule has 0 amide bonds. The van der Waals surface area contributed by atoms with Gasteiger partial charge in [0.15, 0.2) is 15.8 Å². The number of nitrogens with zero attached hydrogens (tertiary/aromatic N) is 3. The number of sulfone groups is 1. The number of hydrogen-bond acceptors (Lipinski definition) is 5. The Hall–Kier alpha value is -0.520. The molecule has 0 aromatic heterocycles. The number of hydrogen-bond donors (Lipinski definition) is 1. The van der Waals surface area contributed by atoms with Gasteiger partial charge in [-0.25, -0.2) is 8.42 Å². The average Bonchev–Trinajstić information content (AvgIpc) is 2.60. The zero-order valence-electron chi connectivity index (χ0n) is 15.6. The van der Waals surface area contributed by atoms with E-state index in [2.05, 4.69) is 50.6 Å². The van der Waals surface area contributed by atoms with Gasteiger partial charge in [0.25, 0.3) is 0 Å². The van der Waals surface area contributed by atoms with Gasteiger partial charge >= 0.3 is 0 Å². The van der Waals surface area contributed by atoms with Crippen LogP contribution in [0.25, 0.3) is 0 Å². The first-order chi connectivity index (χ1) is 11.9. The third-order valence-corrected chi connectivity index (χ3v) is 6.65. The molecular weight excluding hydrogens is 483 g/mol. The molecule has 1 aromatic rings. The van der Waals surface area contributed by atoms with Crippen molar-refractivity contribution in [3.05, 3.63) is 29.8 Å². The van der Waals surface area contributed by atoms with E-state index in [-0.39, 0.29) is 35.5 Å². The second-order valence-electron chi connectivity index (χ2n) is 6.17. The summed E-state index contributed by atoms with van der Waals surface area (Å²) in [5.41, 5.74) is 1.24. The third kappa shape index (κ3) is 7.61. The topological polar surface area (TPSA) is 65.0 Å². The van der Waals surface area contributed by atoms with Crippen molar-refractivity contribution in [3.8, 4) is 0 Å². The van der Waals surface area contributed by atoms with Gasteiger partial charge in [-0.1, -0.05) is 12.1 Å². The summed E-state index contributed by atoms with van der Waals surface area (Å²) >= 11 is 1.74. The van der Waals surface area contributed by atoms with Crippen LogP contribution in [0.1, 0.15) is 5.56 Å². The van der Waals surface area contributed by atoms with Gasteiger partial charge in [0.05, 0.1) is 11.5 Å². The average molecular weight is 512 g/mol. The van der Waals surface area contributed by atoms with Gasteiger partial charge in [-0.3, -0.25) is 9.89 Å². The summed E-state index contributed by atoms with van der Waals surface area (Å²) in [5, 5.41) is 3.36. The lowest BCUT2D eigenvalue weighted by molar-refractivity contribution is 0.298. The van der Waals surface area contributed by atoms with Gasteiger partial charge in [-0.2, -0.15) is 0 Å². The molecule has 2 rings (SSSR count). The van der Waals surface area contributed by atoms with Crippen LogP contribution in [0.3, 0.4) is 0 Å². The van der Waals surface area contributed by atoms with E-state index in [4.69, 9.17) is 0 Å². The second kappa shape index (κ2) is 11.4. The predicted molar refractivity (Wildman–Crippen MR) is 122 cm³/mol. The zero-order chi connectivity index (χ0) is 18.3. The zero-order valence-corrected chi connectivity index (χ0v) is 19.6. The van der Waals surface area contributed by atoms with Crippen molar-refractivity contribution in [3.63, 3.8) is 0 Å². The minimum absolute atomic E-state index is 0. The molecule has 1 saturated heterocycles. The van der Waals surface area contributed by atoms with Crippen LogP contribution >= 0.6 is 35.7 Å². The number of benzene rings is 1. The number of rotatable bonds is 6. The Morgan fingerprint density at radius 3 is 2.42 bits per heavy atom. The van der Waals surface area contributed by atoms with Crippen LogP contribution < -0.4 is 5.32 Å². The van der Waals surface area contributed by atoms with E-state index < -0.39 is 9.84 Å². The molecule has 1 N–H and O–H groups in total.